The Bertz CT molecular complexity index is 534. The summed E-state index contributed by atoms with van der Waals surface area (Å²) in [5, 5.41) is 0.519. The summed E-state index contributed by atoms with van der Waals surface area (Å²) in [7, 11) is 0. The molecule has 88 valence electrons. The lowest BCUT2D eigenvalue weighted by molar-refractivity contribution is 1.17. The molecule has 0 aliphatic rings. The third-order valence-corrected chi connectivity index (χ3v) is 3.93. The van der Waals surface area contributed by atoms with Crippen LogP contribution in [0.25, 0.3) is 0 Å². The van der Waals surface area contributed by atoms with Crippen LogP contribution < -0.4 is 5.73 Å². The van der Waals surface area contributed by atoms with E-state index in [0.29, 0.717) is 5.15 Å². The van der Waals surface area contributed by atoms with Gasteiger partial charge in [-0.05, 0) is 30.3 Å². The second-order valence-electron chi connectivity index (χ2n) is 3.42. The van der Waals surface area contributed by atoms with Gasteiger partial charge in [-0.15, -0.1) is 11.8 Å². The van der Waals surface area contributed by atoms with Gasteiger partial charge in [0.25, 0.3) is 0 Å². The molecule has 0 aliphatic carbocycles. The van der Waals surface area contributed by atoms with Crippen LogP contribution in [-0.4, -0.2) is 4.98 Å². The molecule has 1 heterocycles. The van der Waals surface area contributed by atoms with Crippen LogP contribution in [0.15, 0.2) is 45.8 Å². The number of nitrogens with zero attached hydrogens (tertiary/aromatic N) is 1. The second kappa shape index (κ2) is 5.76. The second-order valence-corrected chi connectivity index (χ2v) is 5.74. The Morgan fingerprint density at radius 3 is 2.88 bits per heavy atom. The van der Waals surface area contributed by atoms with E-state index < -0.39 is 0 Å². The molecule has 0 atom stereocenters. The van der Waals surface area contributed by atoms with Crippen molar-refractivity contribution in [2.24, 2.45) is 0 Å². The van der Waals surface area contributed by atoms with Crippen molar-refractivity contribution < 1.29 is 0 Å². The average Bonchev–Trinajstić information content (AvgIpc) is 2.30. The van der Waals surface area contributed by atoms with Gasteiger partial charge >= 0.3 is 0 Å². The molecule has 0 unspecified atom stereocenters. The minimum Gasteiger partial charge on any atom is -0.398 e. The van der Waals surface area contributed by atoms with Crippen LogP contribution >= 0.6 is 39.3 Å². The number of hydrogen-bond donors (Lipinski definition) is 1. The van der Waals surface area contributed by atoms with Crippen molar-refractivity contribution in [3.8, 4) is 0 Å². The predicted octanol–water partition coefficient (Wildman–Crippen LogP) is 4.37. The van der Waals surface area contributed by atoms with Gasteiger partial charge in [-0.3, -0.25) is 0 Å². The molecule has 5 heteroatoms. The lowest BCUT2D eigenvalue weighted by Crippen LogP contribution is -1.90. The predicted molar refractivity (Wildman–Crippen MR) is 77.4 cm³/mol. The highest BCUT2D eigenvalue weighted by atomic mass is 79.9. The molecular formula is C12H10BrClN2S. The van der Waals surface area contributed by atoms with E-state index in [-0.39, 0.29) is 0 Å². The summed E-state index contributed by atoms with van der Waals surface area (Å²) in [5.41, 5.74) is 7.62. The third kappa shape index (κ3) is 3.63. The van der Waals surface area contributed by atoms with Crippen molar-refractivity contribution in [3.05, 3.63) is 51.7 Å². The Morgan fingerprint density at radius 2 is 2.12 bits per heavy atom. The molecule has 2 N–H and O–H groups in total. The molecule has 17 heavy (non-hydrogen) atoms. The lowest BCUT2D eigenvalue weighted by Gasteiger charge is -2.05. The molecule has 2 nitrogen and oxygen atoms in total. The van der Waals surface area contributed by atoms with Crippen LogP contribution in [0.4, 0.5) is 5.69 Å². The number of thioether (sulfide) groups is 1. The summed E-state index contributed by atoms with van der Waals surface area (Å²) in [4.78, 5) is 5.28. The Labute approximate surface area is 118 Å². The number of anilines is 1. The van der Waals surface area contributed by atoms with E-state index in [1.54, 1.807) is 17.8 Å². The molecule has 0 amide bonds. The first kappa shape index (κ1) is 12.7. The summed E-state index contributed by atoms with van der Waals surface area (Å²) in [6.07, 6.45) is 0. The number of halogens is 2. The third-order valence-electron chi connectivity index (χ3n) is 2.12. The smallest absolute Gasteiger partial charge is 0.129 e. The molecule has 0 saturated heterocycles. The highest BCUT2D eigenvalue weighted by Gasteiger charge is 2.03. The Kier molecular flexibility index (Phi) is 4.31. The zero-order valence-electron chi connectivity index (χ0n) is 8.86. The van der Waals surface area contributed by atoms with E-state index in [1.165, 1.54) is 0 Å². The molecular weight excluding hydrogens is 320 g/mol. The van der Waals surface area contributed by atoms with Crippen molar-refractivity contribution in [1.82, 2.24) is 4.98 Å². The number of nitrogens with two attached hydrogens (primary N) is 1. The minimum atomic E-state index is 0.519. The molecule has 1 aromatic heterocycles. The fourth-order valence-corrected chi connectivity index (χ4v) is 2.92. The van der Waals surface area contributed by atoms with Crippen molar-refractivity contribution in [3.63, 3.8) is 0 Å². The number of nitrogen functional groups attached to an aromatic ring is 1. The molecule has 2 rings (SSSR count). The van der Waals surface area contributed by atoms with Gasteiger partial charge in [-0.1, -0.05) is 33.6 Å². The van der Waals surface area contributed by atoms with Gasteiger partial charge in [0, 0.05) is 20.8 Å². The van der Waals surface area contributed by atoms with Crippen LogP contribution in [-0.2, 0) is 5.75 Å². The molecule has 2 aromatic rings. The molecule has 0 fully saturated rings. The summed E-state index contributed by atoms with van der Waals surface area (Å²) in [6.45, 7) is 0. The summed E-state index contributed by atoms with van der Waals surface area (Å²) in [5.74, 6) is 0.751. The first-order valence-electron chi connectivity index (χ1n) is 4.94. The van der Waals surface area contributed by atoms with Crippen LogP contribution in [0, 0.1) is 0 Å². The minimum absolute atomic E-state index is 0.519. The number of benzene rings is 1. The maximum Gasteiger partial charge on any atom is 0.129 e. The first-order valence-corrected chi connectivity index (χ1v) is 7.10. The standard InChI is InChI=1S/C12H10BrClN2S/c13-8-4-5-10(15)11(6-8)17-7-9-2-1-3-12(14)16-9/h1-6H,7,15H2. The molecule has 0 spiro atoms. The van der Waals surface area contributed by atoms with Gasteiger partial charge in [0.1, 0.15) is 5.15 Å². The number of pyridine rings is 1. The highest BCUT2D eigenvalue weighted by Crippen LogP contribution is 2.30. The van der Waals surface area contributed by atoms with E-state index in [4.69, 9.17) is 17.3 Å². The zero-order chi connectivity index (χ0) is 12.3. The Balaban J connectivity index is 2.09. The molecule has 0 radical (unpaired) electrons. The van der Waals surface area contributed by atoms with Crippen molar-refractivity contribution in [2.75, 3.05) is 5.73 Å². The van der Waals surface area contributed by atoms with Crippen LogP contribution in [0.3, 0.4) is 0 Å². The fraction of sp³-hybridized carbons (Fsp3) is 0.0833. The van der Waals surface area contributed by atoms with Gasteiger partial charge in [0.15, 0.2) is 0 Å². The van der Waals surface area contributed by atoms with Gasteiger partial charge < -0.3 is 5.73 Å². The van der Waals surface area contributed by atoms with E-state index in [9.17, 15) is 0 Å². The van der Waals surface area contributed by atoms with Crippen molar-refractivity contribution >= 4 is 45.0 Å². The van der Waals surface area contributed by atoms with Crippen LogP contribution in [0.1, 0.15) is 5.69 Å². The van der Waals surface area contributed by atoms with Crippen molar-refractivity contribution in [1.29, 1.82) is 0 Å². The largest absolute Gasteiger partial charge is 0.398 e. The van der Waals surface area contributed by atoms with E-state index >= 15 is 0 Å². The number of rotatable bonds is 3. The maximum atomic E-state index is 5.90. The normalized spacial score (nSPS) is 10.5. The summed E-state index contributed by atoms with van der Waals surface area (Å²) in [6, 6.07) is 11.4. The monoisotopic (exact) mass is 328 g/mol. The molecule has 1 aromatic carbocycles. The zero-order valence-corrected chi connectivity index (χ0v) is 12.0. The summed E-state index contributed by atoms with van der Waals surface area (Å²) >= 11 is 10.9. The van der Waals surface area contributed by atoms with Gasteiger partial charge in [-0.25, -0.2) is 4.98 Å². The number of aromatic nitrogens is 1. The van der Waals surface area contributed by atoms with Crippen LogP contribution in [0.5, 0.6) is 0 Å². The van der Waals surface area contributed by atoms with Gasteiger partial charge in [-0.2, -0.15) is 0 Å². The van der Waals surface area contributed by atoms with E-state index in [2.05, 4.69) is 20.9 Å². The number of hydrogen-bond acceptors (Lipinski definition) is 3. The molecule has 0 bridgehead atoms. The van der Waals surface area contributed by atoms with Crippen molar-refractivity contribution in [2.45, 2.75) is 10.6 Å². The maximum absolute atomic E-state index is 5.90. The Hall–Kier alpha value is -0.710. The average molecular weight is 330 g/mol. The fourth-order valence-electron chi connectivity index (χ4n) is 1.32. The SMILES string of the molecule is Nc1ccc(Br)cc1SCc1cccc(Cl)n1. The van der Waals surface area contributed by atoms with E-state index in [1.807, 2.05) is 30.3 Å². The van der Waals surface area contributed by atoms with Gasteiger partial charge in [0.2, 0.25) is 0 Å². The molecule has 0 saturated carbocycles. The van der Waals surface area contributed by atoms with Gasteiger partial charge in [0.05, 0.1) is 5.69 Å². The lowest BCUT2D eigenvalue weighted by atomic mass is 10.3. The summed E-state index contributed by atoms with van der Waals surface area (Å²) < 4.78 is 1.02. The topological polar surface area (TPSA) is 38.9 Å². The van der Waals surface area contributed by atoms with Crippen LogP contribution in [0.2, 0.25) is 5.15 Å². The quantitative estimate of drug-likeness (QED) is 0.516. The Morgan fingerprint density at radius 1 is 1.29 bits per heavy atom. The molecule has 0 aliphatic heterocycles. The highest BCUT2D eigenvalue weighted by molar-refractivity contribution is 9.10. The first-order chi connectivity index (χ1) is 8.15. The van der Waals surface area contributed by atoms with E-state index in [0.717, 1.165) is 26.5 Å².